The standard InChI is InChI=1S/C13H20N2O2.ClH/c1-3-17-12-6-4-5-11(7-12)9-15-13(16)10(2)8-14;/h4-7,10H,3,8-9,14H2,1-2H3,(H,15,16);1H. The van der Waals surface area contributed by atoms with Gasteiger partial charge in [0, 0.05) is 19.0 Å². The molecule has 102 valence electrons. The molecule has 0 radical (unpaired) electrons. The molecule has 0 heterocycles. The van der Waals surface area contributed by atoms with Crippen LogP contribution in [0.15, 0.2) is 24.3 Å². The Hall–Kier alpha value is -1.26. The first kappa shape index (κ1) is 16.7. The largest absolute Gasteiger partial charge is 0.494 e. The van der Waals surface area contributed by atoms with E-state index in [0.717, 1.165) is 11.3 Å². The number of hydrogen-bond donors (Lipinski definition) is 2. The van der Waals surface area contributed by atoms with E-state index in [1.807, 2.05) is 38.1 Å². The first-order valence-electron chi connectivity index (χ1n) is 5.87. The molecule has 5 heteroatoms. The van der Waals surface area contributed by atoms with Crippen molar-refractivity contribution in [3.63, 3.8) is 0 Å². The normalized spacial score (nSPS) is 11.3. The van der Waals surface area contributed by atoms with Gasteiger partial charge in [-0.2, -0.15) is 0 Å². The lowest BCUT2D eigenvalue weighted by molar-refractivity contribution is -0.124. The van der Waals surface area contributed by atoms with E-state index in [0.29, 0.717) is 19.7 Å². The molecule has 0 spiro atoms. The molecule has 1 unspecified atom stereocenters. The Morgan fingerprint density at radius 3 is 2.83 bits per heavy atom. The van der Waals surface area contributed by atoms with Crippen LogP contribution in [-0.2, 0) is 11.3 Å². The molecule has 0 saturated heterocycles. The fourth-order valence-corrected chi connectivity index (χ4v) is 1.38. The average molecular weight is 273 g/mol. The molecule has 0 aliphatic heterocycles. The second kappa shape index (κ2) is 8.78. The summed E-state index contributed by atoms with van der Waals surface area (Å²) < 4.78 is 5.39. The molecular weight excluding hydrogens is 252 g/mol. The number of amides is 1. The predicted molar refractivity (Wildman–Crippen MR) is 74.9 cm³/mol. The summed E-state index contributed by atoms with van der Waals surface area (Å²) in [5, 5.41) is 2.84. The van der Waals surface area contributed by atoms with Gasteiger partial charge in [-0.25, -0.2) is 0 Å². The zero-order valence-electron chi connectivity index (χ0n) is 10.8. The summed E-state index contributed by atoms with van der Waals surface area (Å²) in [4.78, 5) is 11.5. The van der Waals surface area contributed by atoms with Gasteiger partial charge in [0.2, 0.25) is 5.91 Å². The van der Waals surface area contributed by atoms with Gasteiger partial charge in [-0.3, -0.25) is 4.79 Å². The van der Waals surface area contributed by atoms with E-state index < -0.39 is 0 Å². The molecule has 4 nitrogen and oxygen atoms in total. The second-order valence-electron chi connectivity index (χ2n) is 3.93. The van der Waals surface area contributed by atoms with E-state index >= 15 is 0 Å². The molecule has 0 saturated carbocycles. The number of carbonyl (C=O) groups is 1. The molecular formula is C13H21ClN2O2. The average Bonchev–Trinajstić information content (AvgIpc) is 2.36. The number of rotatable bonds is 6. The topological polar surface area (TPSA) is 64.3 Å². The van der Waals surface area contributed by atoms with Crippen LogP contribution in [0.1, 0.15) is 19.4 Å². The van der Waals surface area contributed by atoms with Crippen LogP contribution in [0.4, 0.5) is 0 Å². The zero-order valence-corrected chi connectivity index (χ0v) is 11.6. The predicted octanol–water partition coefficient (Wildman–Crippen LogP) is 1.72. The molecule has 0 aliphatic carbocycles. The molecule has 1 amide bonds. The minimum Gasteiger partial charge on any atom is -0.494 e. The Kier molecular flexibility index (Phi) is 8.16. The van der Waals surface area contributed by atoms with Crippen LogP contribution >= 0.6 is 12.4 Å². The fourth-order valence-electron chi connectivity index (χ4n) is 1.38. The summed E-state index contributed by atoms with van der Waals surface area (Å²) in [6.45, 7) is 5.26. The number of nitrogens with one attached hydrogen (secondary N) is 1. The van der Waals surface area contributed by atoms with Crippen LogP contribution in [0.2, 0.25) is 0 Å². The highest BCUT2D eigenvalue weighted by molar-refractivity contribution is 5.85. The van der Waals surface area contributed by atoms with Crippen LogP contribution in [-0.4, -0.2) is 19.1 Å². The van der Waals surface area contributed by atoms with E-state index in [1.165, 1.54) is 0 Å². The van der Waals surface area contributed by atoms with Crippen molar-refractivity contribution >= 4 is 18.3 Å². The summed E-state index contributed by atoms with van der Waals surface area (Å²) in [7, 11) is 0. The highest BCUT2D eigenvalue weighted by Crippen LogP contribution is 2.13. The molecule has 1 rings (SSSR count). The molecule has 1 aromatic carbocycles. The van der Waals surface area contributed by atoms with Gasteiger partial charge in [-0.1, -0.05) is 19.1 Å². The fraction of sp³-hybridized carbons (Fsp3) is 0.462. The van der Waals surface area contributed by atoms with Crippen molar-refractivity contribution in [1.82, 2.24) is 5.32 Å². The van der Waals surface area contributed by atoms with E-state index in [-0.39, 0.29) is 24.2 Å². The maximum Gasteiger partial charge on any atom is 0.224 e. The Morgan fingerprint density at radius 1 is 1.50 bits per heavy atom. The summed E-state index contributed by atoms with van der Waals surface area (Å²) in [5.41, 5.74) is 6.45. The Bertz CT molecular complexity index is 372. The number of hydrogen-bond acceptors (Lipinski definition) is 3. The summed E-state index contributed by atoms with van der Waals surface area (Å²) in [5.74, 6) is 0.658. The van der Waals surface area contributed by atoms with Crippen molar-refractivity contribution in [3.8, 4) is 5.75 Å². The van der Waals surface area contributed by atoms with Crippen molar-refractivity contribution in [2.75, 3.05) is 13.2 Å². The first-order valence-corrected chi connectivity index (χ1v) is 5.87. The maximum atomic E-state index is 11.5. The van der Waals surface area contributed by atoms with E-state index in [9.17, 15) is 4.79 Å². The molecule has 1 aromatic rings. The maximum absolute atomic E-state index is 11.5. The smallest absolute Gasteiger partial charge is 0.224 e. The van der Waals surface area contributed by atoms with Crippen molar-refractivity contribution in [2.24, 2.45) is 11.7 Å². The van der Waals surface area contributed by atoms with Crippen molar-refractivity contribution in [3.05, 3.63) is 29.8 Å². The van der Waals surface area contributed by atoms with Crippen LogP contribution < -0.4 is 15.8 Å². The quantitative estimate of drug-likeness (QED) is 0.829. The lowest BCUT2D eigenvalue weighted by atomic mass is 10.1. The highest BCUT2D eigenvalue weighted by Gasteiger charge is 2.09. The first-order chi connectivity index (χ1) is 8.17. The second-order valence-corrected chi connectivity index (χ2v) is 3.93. The number of ether oxygens (including phenoxy) is 1. The Balaban J connectivity index is 0.00000289. The van der Waals surface area contributed by atoms with Crippen LogP contribution in [0.3, 0.4) is 0 Å². The Morgan fingerprint density at radius 2 is 2.22 bits per heavy atom. The minimum absolute atomic E-state index is 0. The number of carbonyl (C=O) groups excluding carboxylic acids is 1. The van der Waals surface area contributed by atoms with Crippen LogP contribution in [0.25, 0.3) is 0 Å². The van der Waals surface area contributed by atoms with Gasteiger partial charge < -0.3 is 15.8 Å². The lowest BCUT2D eigenvalue weighted by Gasteiger charge is -2.10. The number of halogens is 1. The van der Waals surface area contributed by atoms with E-state index in [4.69, 9.17) is 10.5 Å². The third kappa shape index (κ3) is 5.38. The van der Waals surface area contributed by atoms with Gasteiger partial charge in [0.25, 0.3) is 0 Å². The Labute approximate surface area is 114 Å². The van der Waals surface area contributed by atoms with Gasteiger partial charge in [0.05, 0.1) is 6.61 Å². The molecule has 1 atom stereocenters. The number of benzene rings is 1. The van der Waals surface area contributed by atoms with Crippen LogP contribution in [0, 0.1) is 5.92 Å². The SMILES string of the molecule is CCOc1cccc(CNC(=O)C(C)CN)c1.Cl. The minimum atomic E-state index is -0.148. The number of nitrogens with two attached hydrogens (primary N) is 1. The van der Waals surface area contributed by atoms with Crippen molar-refractivity contribution in [1.29, 1.82) is 0 Å². The highest BCUT2D eigenvalue weighted by atomic mass is 35.5. The lowest BCUT2D eigenvalue weighted by Crippen LogP contribution is -2.32. The van der Waals surface area contributed by atoms with Crippen LogP contribution in [0.5, 0.6) is 5.75 Å². The van der Waals surface area contributed by atoms with Gasteiger partial charge in [0.1, 0.15) is 5.75 Å². The van der Waals surface area contributed by atoms with Gasteiger partial charge in [-0.15, -0.1) is 12.4 Å². The van der Waals surface area contributed by atoms with Gasteiger partial charge >= 0.3 is 0 Å². The van der Waals surface area contributed by atoms with Crippen molar-refractivity contribution < 1.29 is 9.53 Å². The van der Waals surface area contributed by atoms with Crippen molar-refractivity contribution in [2.45, 2.75) is 20.4 Å². The molecule has 0 aliphatic rings. The van der Waals surface area contributed by atoms with E-state index in [2.05, 4.69) is 5.32 Å². The molecule has 0 fully saturated rings. The van der Waals surface area contributed by atoms with Gasteiger partial charge in [-0.05, 0) is 24.6 Å². The summed E-state index contributed by atoms with van der Waals surface area (Å²) in [6, 6.07) is 7.70. The molecule has 3 N–H and O–H groups in total. The third-order valence-electron chi connectivity index (χ3n) is 2.48. The zero-order chi connectivity index (χ0) is 12.7. The monoisotopic (exact) mass is 272 g/mol. The third-order valence-corrected chi connectivity index (χ3v) is 2.48. The molecule has 0 bridgehead atoms. The van der Waals surface area contributed by atoms with Gasteiger partial charge in [0.15, 0.2) is 0 Å². The summed E-state index contributed by atoms with van der Waals surface area (Å²) in [6.07, 6.45) is 0. The van der Waals surface area contributed by atoms with E-state index in [1.54, 1.807) is 0 Å². The molecule has 18 heavy (non-hydrogen) atoms. The summed E-state index contributed by atoms with van der Waals surface area (Å²) >= 11 is 0. The molecule has 0 aromatic heterocycles.